The molecule has 1 aromatic rings. The topological polar surface area (TPSA) is 57.6 Å². The molecule has 0 saturated carbocycles. The van der Waals surface area contributed by atoms with Crippen LogP contribution < -0.4 is 0 Å². The molecule has 0 bridgehead atoms. The highest BCUT2D eigenvalue weighted by Gasteiger charge is 2.14. The first-order valence-corrected chi connectivity index (χ1v) is 8.14. The summed E-state index contributed by atoms with van der Waals surface area (Å²) < 4.78 is 35.4. The number of rotatable bonds is 7. The molecule has 1 rings (SSSR count). The number of likely N-dealkylation sites (N-methyl/N-ethyl adjacent to an activating group) is 1. The fourth-order valence-electron chi connectivity index (χ4n) is 1.83. The predicted octanol–water partition coefficient (Wildman–Crippen LogP) is 1.23. The summed E-state index contributed by atoms with van der Waals surface area (Å²) in [4.78, 5) is 1.79. The molecule has 0 heterocycles. The van der Waals surface area contributed by atoms with Crippen molar-refractivity contribution in [2.75, 3.05) is 32.1 Å². The van der Waals surface area contributed by atoms with Gasteiger partial charge in [0.1, 0.15) is 15.7 Å². The first kappa shape index (κ1) is 16.1. The summed E-state index contributed by atoms with van der Waals surface area (Å²) in [6.45, 7) is 0.809. The van der Waals surface area contributed by atoms with Crippen LogP contribution in [0, 0.1) is 5.82 Å². The SMILES string of the molecule is CN(CCCS(C)(=O)=O)CC(O)c1ccccc1F. The van der Waals surface area contributed by atoms with Gasteiger partial charge in [-0.15, -0.1) is 0 Å². The summed E-state index contributed by atoms with van der Waals surface area (Å²) in [5, 5.41) is 9.93. The van der Waals surface area contributed by atoms with Crippen molar-refractivity contribution in [1.82, 2.24) is 4.90 Å². The van der Waals surface area contributed by atoms with Crippen molar-refractivity contribution in [3.63, 3.8) is 0 Å². The Labute approximate surface area is 113 Å². The lowest BCUT2D eigenvalue weighted by Gasteiger charge is -2.20. The average molecular weight is 289 g/mol. The van der Waals surface area contributed by atoms with Crippen LogP contribution in [0.25, 0.3) is 0 Å². The van der Waals surface area contributed by atoms with E-state index < -0.39 is 21.8 Å². The van der Waals surface area contributed by atoms with Gasteiger partial charge in [0, 0.05) is 18.4 Å². The molecule has 0 spiro atoms. The molecule has 19 heavy (non-hydrogen) atoms. The van der Waals surface area contributed by atoms with E-state index in [9.17, 15) is 17.9 Å². The van der Waals surface area contributed by atoms with Gasteiger partial charge in [-0.2, -0.15) is 0 Å². The van der Waals surface area contributed by atoms with Crippen molar-refractivity contribution in [3.8, 4) is 0 Å². The third kappa shape index (κ3) is 6.13. The maximum Gasteiger partial charge on any atom is 0.147 e. The Morgan fingerprint density at radius 2 is 2.00 bits per heavy atom. The van der Waals surface area contributed by atoms with E-state index in [1.807, 2.05) is 0 Å². The molecule has 1 aromatic carbocycles. The quantitative estimate of drug-likeness (QED) is 0.820. The van der Waals surface area contributed by atoms with Gasteiger partial charge in [-0.05, 0) is 26.1 Å². The summed E-state index contributed by atoms with van der Waals surface area (Å²) in [5.41, 5.74) is 0.262. The van der Waals surface area contributed by atoms with Crippen molar-refractivity contribution in [1.29, 1.82) is 0 Å². The number of aliphatic hydroxyl groups excluding tert-OH is 1. The van der Waals surface area contributed by atoms with Crippen LogP contribution >= 0.6 is 0 Å². The minimum atomic E-state index is -2.96. The van der Waals surface area contributed by atoms with Gasteiger partial charge in [0.2, 0.25) is 0 Å². The highest BCUT2D eigenvalue weighted by molar-refractivity contribution is 7.90. The molecular formula is C13H20FNO3S. The Bertz CT molecular complexity index is 504. The highest BCUT2D eigenvalue weighted by Crippen LogP contribution is 2.17. The van der Waals surface area contributed by atoms with Crippen LogP contribution in [0.15, 0.2) is 24.3 Å². The number of nitrogens with zero attached hydrogens (tertiary/aromatic N) is 1. The maximum absolute atomic E-state index is 13.4. The lowest BCUT2D eigenvalue weighted by molar-refractivity contribution is 0.123. The Morgan fingerprint density at radius 3 is 2.58 bits per heavy atom. The molecule has 1 unspecified atom stereocenters. The zero-order chi connectivity index (χ0) is 14.5. The molecule has 1 atom stereocenters. The van der Waals surface area contributed by atoms with Crippen LogP contribution in [0.3, 0.4) is 0 Å². The summed E-state index contributed by atoms with van der Waals surface area (Å²) in [5.74, 6) is -0.313. The third-order valence-corrected chi connectivity index (χ3v) is 3.83. The number of halogens is 1. The Balaban J connectivity index is 2.44. The van der Waals surface area contributed by atoms with Crippen molar-refractivity contribution in [2.45, 2.75) is 12.5 Å². The highest BCUT2D eigenvalue weighted by atomic mass is 32.2. The third-order valence-electron chi connectivity index (χ3n) is 2.80. The van der Waals surface area contributed by atoms with Gasteiger partial charge < -0.3 is 10.0 Å². The first-order valence-electron chi connectivity index (χ1n) is 6.08. The lowest BCUT2D eigenvalue weighted by Crippen LogP contribution is -2.27. The van der Waals surface area contributed by atoms with Gasteiger partial charge in [0.15, 0.2) is 0 Å². The van der Waals surface area contributed by atoms with Crippen molar-refractivity contribution in [3.05, 3.63) is 35.6 Å². The fourth-order valence-corrected chi connectivity index (χ4v) is 2.48. The van der Waals surface area contributed by atoms with Crippen LogP contribution in [-0.4, -0.2) is 50.6 Å². The van der Waals surface area contributed by atoms with E-state index in [2.05, 4.69) is 0 Å². The van der Waals surface area contributed by atoms with E-state index in [-0.39, 0.29) is 17.9 Å². The first-order chi connectivity index (χ1) is 8.79. The summed E-state index contributed by atoms with van der Waals surface area (Å²) in [6, 6.07) is 6.10. The maximum atomic E-state index is 13.4. The van der Waals surface area contributed by atoms with Crippen molar-refractivity contribution < 1.29 is 17.9 Å². The Morgan fingerprint density at radius 1 is 1.37 bits per heavy atom. The van der Waals surface area contributed by atoms with Crippen LogP contribution in [0.2, 0.25) is 0 Å². The number of hydrogen-bond acceptors (Lipinski definition) is 4. The Kier molecular flexibility index (Phi) is 5.90. The molecule has 0 amide bonds. The second-order valence-electron chi connectivity index (χ2n) is 4.78. The molecular weight excluding hydrogens is 269 g/mol. The predicted molar refractivity (Wildman–Crippen MR) is 73.2 cm³/mol. The van der Waals surface area contributed by atoms with Crippen molar-refractivity contribution in [2.24, 2.45) is 0 Å². The lowest BCUT2D eigenvalue weighted by atomic mass is 10.1. The van der Waals surface area contributed by atoms with Gasteiger partial charge in [0.05, 0.1) is 11.9 Å². The van der Waals surface area contributed by atoms with Crippen LogP contribution in [0.5, 0.6) is 0 Å². The molecule has 1 N–H and O–H groups in total. The van der Waals surface area contributed by atoms with Crippen LogP contribution in [-0.2, 0) is 9.84 Å². The van der Waals surface area contributed by atoms with Gasteiger partial charge in [-0.1, -0.05) is 18.2 Å². The van der Waals surface area contributed by atoms with Crippen LogP contribution in [0.4, 0.5) is 4.39 Å². The largest absolute Gasteiger partial charge is 0.387 e. The van der Waals surface area contributed by atoms with Gasteiger partial charge >= 0.3 is 0 Å². The zero-order valence-corrected chi connectivity index (χ0v) is 12.0. The minimum Gasteiger partial charge on any atom is -0.387 e. The summed E-state index contributed by atoms with van der Waals surface area (Å²) >= 11 is 0. The Hall–Kier alpha value is -0.980. The molecule has 4 nitrogen and oxygen atoms in total. The number of hydrogen-bond donors (Lipinski definition) is 1. The van der Waals surface area contributed by atoms with E-state index in [0.29, 0.717) is 13.0 Å². The average Bonchev–Trinajstić information content (AvgIpc) is 2.27. The van der Waals surface area contributed by atoms with E-state index >= 15 is 0 Å². The normalized spacial score (nSPS) is 13.7. The van der Waals surface area contributed by atoms with E-state index in [4.69, 9.17) is 0 Å². The summed E-state index contributed by atoms with van der Waals surface area (Å²) in [7, 11) is -1.19. The monoisotopic (exact) mass is 289 g/mol. The summed E-state index contributed by atoms with van der Waals surface area (Å²) in [6.07, 6.45) is 0.782. The number of benzene rings is 1. The molecule has 0 aliphatic carbocycles. The second kappa shape index (κ2) is 6.98. The molecule has 0 radical (unpaired) electrons. The number of sulfone groups is 1. The zero-order valence-electron chi connectivity index (χ0n) is 11.2. The molecule has 0 saturated heterocycles. The van der Waals surface area contributed by atoms with E-state index in [1.165, 1.54) is 12.3 Å². The van der Waals surface area contributed by atoms with Crippen LogP contribution in [0.1, 0.15) is 18.1 Å². The molecule has 6 heteroatoms. The van der Waals surface area contributed by atoms with Crippen molar-refractivity contribution >= 4 is 9.84 Å². The van der Waals surface area contributed by atoms with Gasteiger partial charge in [-0.25, -0.2) is 12.8 Å². The van der Waals surface area contributed by atoms with E-state index in [0.717, 1.165) is 0 Å². The fraction of sp³-hybridized carbons (Fsp3) is 0.538. The standard InChI is InChI=1S/C13H20FNO3S/c1-15(8-5-9-19(2,17)18)10-13(16)11-6-3-4-7-12(11)14/h3-4,6-7,13,16H,5,8-10H2,1-2H3. The molecule has 0 aromatic heterocycles. The molecule has 0 fully saturated rings. The van der Waals surface area contributed by atoms with E-state index in [1.54, 1.807) is 30.1 Å². The molecule has 0 aliphatic rings. The smallest absolute Gasteiger partial charge is 0.147 e. The molecule has 0 aliphatic heterocycles. The molecule has 108 valence electrons. The second-order valence-corrected chi connectivity index (χ2v) is 7.04. The number of aliphatic hydroxyl groups is 1. The van der Waals surface area contributed by atoms with Gasteiger partial charge in [0.25, 0.3) is 0 Å². The minimum absolute atomic E-state index is 0.118. The van der Waals surface area contributed by atoms with Gasteiger partial charge in [-0.3, -0.25) is 0 Å².